The number of nitrogens with zero attached hydrogens (tertiary/aromatic N) is 1. The Hall–Kier alpha value is -4.88. The van der Waals surface area contributed by atoms with Crippen LogP contribution in [0.3, 0.4) is 0 Å². The molecule has 6 aromatic carbocycles. The standard InChI is InChI=1S/C40H33N/c1-40(2,3)34-26-32(28-11-5-4-6-12-28)25-33(27-34)31-19-17-29(18-20-31)30-21-23-35(24-22-30)41-38-15-9-7-13-36(38)37-14-8-10-16-39(37)41/h4-27H,1-3H3. The molecule has 0 saturated heterocycles. The molecule has 0 amide bonds. The van der Waals surface area contributed by atoms with Crippen molar-refractivity contribution in [2.45, 2.75) is 26.2 Å². The van der Waals surface area contributed by atoms with Gasteiger partial charge in [0.15, 0.2) is 0 Å². The van der Waals surface area contributed by atoms with E-state index in [1.165, 1.54) is 66.4 Å². The summed E-state index contributed by atoms with van der Waals surface area (Å²) in [6, 6.07) is 53.0. The second-order valence-corrected chi connectivity index (χ2v) is 11.9. The van der Waals surface area contributed by atoms with Crippen LogP contribution < -0.4 is 0 Å². The third-order valence-corrected chi connectivity index (χ3v) is 8.16. The molecule has 41 heavy (non-hydrogen) atoms. The molecule has 0 radical (unpaired) electrons. The summed E-state index contributed by atoms with van der Waals surface area (Å²) in [5.41, 5.74) is 12.5. The molecule has 7 rings (SSSR count). The lowest BCUT2D eigenvalue weighted by Gasteiger charge is -2.22. The highest BCUT2D eigenvalue weighted by Gasteiger charge is 2.17. The first-order valence-corrected chi connectivity index (χ1v) is 14.4. The van der Waals surface area contributed by atoms with Gasteiger partial charge in [-0.1, -0.05) is 136 Å². The van der Waals surface area contributed by atoms with Crippen molar-refractivity contribution in [2.24, 2.45) is 0 Å². The molecule has 0 saturated carbocycles. The predicted molar refractivity (Wildman–Crippen MR) is 176 cm³/mol. The third-order valence-electron chi connectivity index (χ3n) is 8.16. The Morgan fingerprint density at radius 1 is 0.390 bits per heavy atom. The van der Waals surface area contributed by atoms with Crippen LogP contribution in [0.15, 0.2) is 146 Å². The van der Waals surface area contributed by atoms with Gasteiger partial charge in [0.05, 0.1) is 11.0 Å². The first-order valence-electron chi connectivity index (χ1n) is 14.4. The summed E-state index contributed by atoms with van der Waals surface area (Å²) in [6.07, 6.45) is 0. The van der Waals surface area contributed by atoms with Crippen molar-refractivity contribution in [1.29, 1.82) is 0 Å². The van der Waals surface area contributed by atoms with Gasteiger partial charge in [-0.05, 0) is 74.7 Å². The maximum Gasteiger partial charge on any atom is 0.0541 e. The molecule has 0 N–H and O–H groups in total. The number of para-hydroxylation sites is 2. The predicted octanol–water partition coefficient (Wildman–Crippen LogP) is 11.1. The molecule has 0 aliphatic carbocycles. The third kappa shape index (κ3) is 4.64. The van der Waals surface area contributed by atoms with E-state index in [0.29, 0.717) is 0 Å². The quantitative estimate of drug-likeness (QED) is 0.214. The Morgan fingerprint density at radius 2 is 0.805 bits per heavy atom. The van der Waals surface area contributed by atoms with Gasteiger partial charge in [0.1, 0.15) is 0 Å². The fourth-order valence-corrected chi connectivity index (χ4v) is 5.88. The monoisotopic (exact) mass is 527 g/mol. The van der Waals surface area contributed by atoms with Crippen LogP contribution >= 0.6 is 0 Å². The molecule has 1 heterocycles. The minimum absolute atomic E-state index is 0.0671. The van der Waals surface area contributed by atoms with E-state index in [-0.39, 0.29) is 5.41 Å². The number of hydrogen-bond acceptors (Lipinski definition) is 0. The van der Waals surface area contributed by atoms with Gasteiger partial charge in [-0.2, -0.15) is 0 Å². The summed E-state index contributed by atoms with van der Waals surface area (Å²) in [4.78, 5) is 0. The number of hydrogen-bond donors (Lipinski definition) is 0. The minimum atomic E-state index is 0.0671. The number of aromatic nitrogens is 1. The molecule has 0 fully saturated rings. The molecule has 0 unspecified atom stereocenters. The van der Waals surface area contributed by atoms with Gasteiger partial charge in [-0.25, -0.2) is 0 Å². The van der Waals surface area contributed by atoms with E-state index < -0.39 is 0 Å². The molecule has 1 aromatic heterocycles. The van der Waals surface area contributed by atoms with E-state index in [1.54, 1.807) is 0 Å². The highest BCUT2D eigenvalue weighted by atomic mass is 15.0. The lowest BCUT2D eigenvalue weighted by atomic mass is 9.83. The number of fused-ring (bicyclic) bond motifs is 3. The van der Waals surface area contributed by atoms with Crippen molar-refractivity contribution in [2.75, 3.05) is 0 Å². The van der Waals surface area contributed by atoms with Crippen LogP contribution in [0.5, 0.6) is 0 Å². The molecular weight excluding hydrogens is 494 g/mol. The van der Waals surface area contributed by atoms with Crippen molar-refractivity contribution in [3.05, 3.63) is 151 Å². The molecular formula is C40H33N. The zero-order chi connectivity index (χ0) is 28.0. The van der Waals surface area contributed by atoms with Crippen LogP contribution in [0.1, 0.15) is 26.3 Å². The lowest BCUT2D eigenvalue weighted by Crippen LogP contribution is -2.11. The highest BCUT2D eigenvalue weighted by Crippen LogP contribution is 2.35. The highest BCUT2D eigenvalue weighted by molar-refractivity contribution is 6.09. The average Bonchev–Trinajstić information content (AvgIpc) is 3.35. The summed E-state index contributed by atoms with van der Waals surface area (Å²) in [5.74, 6) is 0. The SMILES string of the molecule is CC(C)(C)c1cc(-c2ccccc2)cc(-c2ccc(-c3ccc(-n4c5ccccc5c5ccccc54)cc3)cc2)c1. The molecule has 1 heteroatoms. The largest absolute Gasteiger partial charge is 0.309 e. The Bertz CT molecular complexity index is 1930. The van der Waals surface area contributed by atoms with Crippen molar-refractivity contribution >= 4 is 21.8 Å². The van der Waals surface area contributed by atoms with Gasteiger partial charge in [-0.3, -0.25) is 0 Å². The second kappa shape index (κ2) is 9.94. The van der Waals surface area contributed by atoms with Crippen LogP contribution in [-0.4, -0.2) is 4.57 Å². The summed E-state index contributed by atoms with van der Waals surface area (Å²) >= 11 is 0. The summed E-state index contributed by atoms with van der Waals surface area (Å²) in [7, 11) is 0. The molecule has 0 bridgehead atoms. The normalized spacial score (nSPS) is 11.8. The molecule has 0 spiro atoms. The smallest absolute Gasteiger partial charge is 0.0541 e. The van der Waals surface area contributed by atoms with Gasteiger partial charge in [0, 0.05) is 16.5 Å². The molecule has 1 nitrogen and oxygen atoms in total. The summed E-state index contributed by atoms with van der Waals surface area (Å²) in [6.45, 7) is 6.85. The van der Waals surface area contributed by atoms with E-state index >= 15 is 0 Å². The average molecular weight is 528 g/mol. The lowest BCUT2D eigenvalue weighted by molar-refractivity contribution is 0.590. The van der Waals surface area contributed by atoms with E-state index in [2.05, 4.69) is 171 Å². The van der Waals surface area contributed by atoms with E-state index in [0.717, 1.165) is 0 Å². The molecule has 198 valence electrons. The van der Waals surface area contributed by atoms with Crippen LogP contribution in [0, 0.1) is 0 Å². The Morgan fingerprint density at radius 3 is 1.32 bits per heavy atom. The van der Waals surface area contributed by atoms with Crippen molar-refractivity contribution < 1.29 is 0 Å². The van der Waals surface area contributed by atoms with Crippen LogP contribution in [0.2, 0.25) is 0 Å². The van der Waals surface area contributed by atoms with Crippen molar-refractivity contribution in [1.82, 2.24) is 4.57 Å². The fourth-order valence-electron chi connectivity index (χ4n) is 5.88. The summed E-state index contributed by atoms with van der Waals surface area (Å²) < 4.78 is 2.37. The number of rotatable bonds is 4. The fraction of sp³-hybridized carbons (Fsp3) is 0.100. The Labute approximate surface area is 242 Å². The maximum absolute atomic E-state index is 2.37. The minimum Gasteiger partial charge on any atom is -0.309 e. The van der Waals surface area contributed by atoms with Crippen LogP contribution in [-0.2, 0) is 5.41 Å². The van der Waals surface area contributed by atoms with Gasteiger partial charge < -0.3 is 4.57 Å². The first-order chi connectivity index (χ1) is 20.0. The van der Waals surface area contributed by atoms with Crippen molar-refractivity contribution in [3.8, 4) is 39.1 Å². The number of benzene rings is 6. The molecule has 7 aromatic rings. The van der Waals surface area contributed by atoms with Crippen molar-refractivity contribution in [3.63, 3.8) is 0 Å². The van der Waals surface area contributed by atoms with E-state index in [9.17, 15) is 0 Å². The first kappa shape index (κ1) is 25.1. The van der Waals surface area contributed by atoms with Crippen LogP contribution in [0.25, 0.3) is 60.9 Å². The Kier molecular flexibility index (Phi) is 6.09. The van der Waals surface area contributed by atoms with Gasteiger partial charge in [0.2, 0.25) is 0 Å². The summed E-state index contributed by atoms with van der Waals surface area (Å²) in [5, 5.41) is 2.57. The maximum atomic E-state index is 2.37. The van der Waals surface area contributed by atoms with Crippen LogP contribution in [0.4, 0.5) is 0 Å². The Balaban J connectivity index is 1.23. The zero-order valence-electron chi connectivity index (χ0n) is 23.8. The van der Waals surface area contributed by atoms with E-state index in [4.69, 9.17) is 0 Å². The zero-order valence-corrected chi connectivity index (χ0v) is 23.8. The second-order valence-electron chi connectivity index (χ2n) is 11.9. The van der Waals surface area contributed by atoms with E-state index in [1.807, 2.05) is 0 Å². The topological polar surface area (TPSA) is 4.93 Å². The molecule has 0 aliphatic heterocycles. The van der Waals surface area contributed by atoms with Gasteiger partial charge >= 0.3 is 0 Å². The van der Waals surface area contributed by atoms with Gasteiger partial charge in [0.25, 0.3) is 0 Å². The molecule has 0 atom stereocenters. The van der Waals surface area contributed by atoms with Gasteiger partial charge in [-0.15, -0.1) is 0 Å². The molecule has 0 aliphatic rings.